The van der Waals surface area contributed by atoms with Crippen molar-refractivity contribution in [3.05, 3.63) is 26.9 Å². The molecule has 0 saturated carbocycles. The van der Waals surface area contributed by atoms with Crippen molar-refractivity contribution in [2.24, 2.45) is 0 Å². The topological polar surface area (TPSA) is 12.9 Å². The lowest BCUT2D eigenvalue weighted by Gasteiger charge is -2.02. The van der Waals surface area contributed by atoms with Crippen LogP contribution in [0.3, 0.4) is 0 Å². The fourth-order valence-electron chi connectivity index (χ4n) is 0.641. The molecular formula is C7H7BrClN. The molecule has 1 aromatic heterocycles. The summed E-state index contributed by atoms with van der Waals surface area (Å²) in [6, 6.07) is 0. The highest BCUT2D eigenvalue weighted by molar-refractivity contribution is 9.10. The van der Waals surface area contributed by atoms with Gasteiger partial charge in [0.15, 0.2) is 0 Å². The van der Waals surface area contributed by atoms with Gasteiger partial charge in [0.2, 0.25) is 0 Å². The fraction of sp³-hybridized carbons (Fsp3) is 0.286. The molecule has 0 saturated heterocycles. The van der Waals surface area contributed by atoms with Crippen LogP contribution in [0.1, 0.15) is 11.1 Å². The molecule has 54 valence electrons. The monoisotopic (exact) mass is 219 g/mol. The van der Waals surface area contributed by atoms with Crippen molar-refractivity contribution < 1.29 is 0 Å². The van der Waals surface area contributed by atoms with E-state index in [4.69, 9.17) is 11.6 Å². The molecule has 0 atom stereocenters. The van der Waals surface area contributed by atoms with Crippen LogP contribution in [0.15, 0.2) is 10.7 Å². The average molecular weight is 220 g/mol. The summed E-state index contributed by atoms with van der Waals surface area (Å²) >= 11 is 9.11. The molecule has 0 amide bonds. The number of pyridine rings is 1. The lowest BCUT2D eigenvalue weighted by molar-refractivity contribution is 1.19. The van der Waals surface area contributed by atoms with E-state index in [9.17, 15) is 0 Å². The number of halogens is 2. The number of nitrogens with zero attached hydrogens (tertiary/aromatic N) is 1. The minimum absolute atomic E-state index is 0.584. The van der Waals surface area contributed by atoms with Crippen molar-refractivity contribution in [3.8, 4) is 0 Å². The Bertz CT molecular complexity index is 233. The van der Waals surface area contributed by atoms with Crippen LogP contribution in [0, 0.1) is 13.8 Å². The zero-order chi connectivity index (χ0) is 7.72. The largest absolute Gasteiger partial charge is 0.243 e. The van der Waals surface area contributed by atoms with Crippen molar-refractivity contribution in [2.75, 3.05) is 0 Å². The highest BCUT2D eigenvalue weighted by Gasteiger charge is 2.02. The van der Waals surface area contributed by atoms with Crippen LogP contribution >= 0.6 is 27.5 Å². The summed E-state index contributed by atoms with van der Waals surface area (Å²) in [5.41, 5.74) is 2.19. The Hall–Kier alpha value is -0.0800. The molecule has 0 bridgehead atoms. The quantitative estimate of drug-likeness (QED) is 0.612. The summed E-state index contributed by atoms with van der Waals surface area (Å²) < 4.78 is 1.01. The summed E-state index contributed by atoms with van der Waals surface area (Å²) in [4.78, 5) is 3.96. The molecule has 1 nitrogen and oxygen atoms in total. The van der Waals surface area contributed by atoms with Gasteiger partial charge >= 0.3 is 0 Å². The molecule has 0 aliphatic carbocycles. The molecule has 3 heteroatoms. The molecule has 0 fully saturated rings. The molecule has 1 heterocycles. The van der Waals surface area contributed by atoms with E-state index in [2.05, 4.69) is 20.9 Å². The lowest BCUT2D eigenvalue weighted by atomic mass is 10.2. The molecule has 1 aromatic rings. The average Bonchev–Trinajstić information content (AvgIpc) is 1.93. The van der Waals surface area contributed by atoms with Crippen molar-refractivity contribution in [3.63, 3.8) is 0 Å². The van der Waals surface area contributed by atoms with Gasteiger partial charge in [-0.1, -0.05) is 11.6 Å². The molecule has 0 radical (unpaired) electrons. The number of hydrogen-bond donors (Lipinski definition) is 0. The minimum atomic E-state index is 0.584. The van der Waals surface area contributed by atoms with Gasteiger partial charge in [0.1, 0.15) is 5.15 Å². The van der Waals surface area contributed by atoms with Gasteiger partial charge in [-0.05, 0) is 40.9 Å². The summed E-state index contributed by atoms with van der Waals surface area (Å²) in [5, 5.41) is 0.584. The highest BCUT2D eigenvalue weighted by atomic mass is 79.9. The zero-order valence-electron chi connectivity index (χ0n) is 5.78. The van der Waals surface area contributed by atoms with Crippen LogP contribution in [0.2, 0.25) is 5.15 Å². The molecule has 1 rings (SSSR count). The molecule has 0 aromatic carbocycles. The van der Waals surface area contributed by atoms with Gasteiger partial charge in [0.05, 0.1) is 0 Å². The fourth-order valence-corrected chi connectivity index (χ4v) is 1.23. The van der Waals surface area contributed by atoms with E-state index in [-0.39, 0.29) is 0 Å². The Labute approximate surface area is 73.6 Å². The van der Waals surface area contributed by atoms with E-state index in [0.29, 0.717) is 5.15 Å². The summed E-state index contributed by atoms with van der Waals surface area (Å²) in [7, 11) is 0. The van der Waals surface area contributed by atoms with E-state index in [1.54, 1.807) is 6.20 Å². The van der Waals surface area contributed by atoms with E-state index in [1.165, 1.54) is 0 Å². The zero-order valence-corrected chi connectivity index (χ0v) is 8.12. The van der Waals surface area contributed by atoms with Gasteiger partial charge in [-0.25, -0.2) is 4.98 Å². The van der Waals surface area contributed by atoms with Gasteiger partial charge in [0, 0.05) is 10.7 Å². The number of rotatable bonds is 0. The number of aromatic nitrogens is 1. The Kier molecular flexibility index (Phi) is 2.32. The first-order valence-corrected chi connectivity index (χ1v) is 4.07. The van der Waals surface area contributed by atoms with Crippen LogP contribution in [0.25, 0.3) is 0 Å². The Morgan fingerprint density at radius 3 is 2.50 bits per heavy atom. The maximum atomic E-state index is 5.75. The molecule has 10 heavy (non-hydrogen) atoms. The van der Waals surface area contributed by atoms with E-state index in [0.717, 1.165) is 15.6 Å². The maximum Gasteiger partial charge on any atom is 0.132 e. The standard InChI is InChI=1S/C7H7BrClN/c1-4-5(2)7(9)10-3-6(4)8/h3H,1-2H3. The molecule has 0 spiro atoms. The molecule has 0 N–H and O–H groups in total. The van der Waals surface area contributed by atoms with Crippen LogP contribution in [-0.4, -0.2) is 4.98 Å². The van der Waals surface area contributed by atoms with Gasteiger partial charge in [0.25, 0.3) is 0 Å². The van der Waals surface area contributed by atoms with Crippen LogP contribution in [0.5, 0.6) is 0 Å². The second-order valence-electron chi connectivity index (χ2n) is 2.15. The van der Waals surface area contributed by atoms with Crippen LogP contribution in [-0.2, 0) is 0 Å². The third-order valence-electron chi connectivity index (χ3n) is 1.52. The molecule has 0 aliphatic heterocycles. The van der Waals surface area contributed by atoms with Gasteiger partial charge < -0.3 is 0 Å². The van der Waals surface area contributed by atoms with Crippen LogP contribution in [0.4, 0.5) is 0 Å². The third-order valence-corrected chi connectivity index (χ3v) is 2.70. The van der Waals surface area contributed by atoms with Crippen LogP contribution < -0.4 is 0 Å². The Morgan fingerprint density at radius 1 is 1.40 bits per heavy atom. The Balaban J connectivity index is 3.34. The summed E-state index contributed by atoms with van der Waals surface area (Å²) in [6.45, 7) is 3.96. The van der Waals surface area contributed by atoms with Crippen molar-refractivity contribution >= 4 is 27.5 Å². The first kappa shape index (κ1) is 8.02. The van der Waals surface area contributed by atoms with Crippen molar-refractivity contribution in [2.45, 2.75) is 13.8 Å². The van der Waals surface area contributed by atoms with Gasteiger partial charge in [-0.2, -0.15) is 0 Å². The molecule has 0 unspecified atom stereocenters. The second kappa shape index (κ2) is 2.89. The van der Waals surface area contributed by atoms with Gasteiger partial charge in [-0.3, -0.25) is 0 Å². The van der Waals surface area contributed by atoms with Crippen molar-refractivity contribution in [1.82, 2.24) is 4.98 Å². The minimum Gasteiger partial charge on any atom is -0.243 e. The highest BCUT2D eigenvalue weighted by Crippen LogP contribution is 2.22. The smallest absolute Gasteiger partial charge is 0.132 e. The Morgan fingerprint density at radius 2 is 2.00 bits per heavy atom. The van der Waals surface area contributed by atoms with E-state index >= 15 is 0 Å². The van der Waals surface area contributed by atoms with Gasteiger partial charge in [-0.15, -0.1) is 0 Å². The predicted molar refractivity (Wildman–Crippen MR) is 46.4 cm³/mol. The van der Waals surface area contributed by atoms with Crippen molar-refractivity contribution in [1.29, 1.82) is 0 Å². The summed E-state index contributed by atoms with van der Waals surface area (Å²) in [6.07, 6.45) is 1.71. The van der Waals surface area contributed by atoms with E-state index in [1.807, 2.05) is 13.8 Å². The summed E-state index contributed by atoms with van der Waals surface area (Å²) in [5.74, 6) is 0. The third kappa shape index (κ3) is 1.32. The van der Waals surface area contributed by atoms with E-state index < -0.39 is 0 Å². The lowest BCUT2D eigenvalue weighted by Crippen LogP contribution is -1.86. The SMILES string of the molecule is Cc1c(Br)cnc(Cl)c1C. The molecule has 0 aliphatic rings. The normalized spacial score (nSPS) is 10.0. The predicted octanol–water partition coefficient (Wildman–Crippen LogP) is 3.11. The molecular weight excluding hydrogens is 213 g/mol. The second-order valence-corrected chi connectivity index (χ2v) is 3.36. The first-order chi connectivity index (χ1) is 4.63. The number of hydrogen-bond acceptors (Lipinski definition) is 1. The maximum absolute atomic E-state index is 5.75. The first-order valence-electron chi connectivity index (χ1n) is 2.90.